The second-order valence-corrected chi connectivity index (χ2v) is 3.06. The van der Waals surface area contributed by atoms with Crippen molar-refractivity contribution >= 4 is 71.1 Å². The van der Waals surface area contributed by atoms with Crippen LogP contribution in [-0.4, -0.2) is 81.3 Å². The first-order valence-corrected chi connectivity index (χ1v) is 4.56. The van der Waals surface area contributed by atoms with Gasteiger partial charge in [0.15, 0.2) is 0 Å². The zero-order valence-corrected chi connectivity index (χ0v) is 7.66. The quantitative estimate of drug-likeness (QED) is 0.478. The second-order valence-electron chi connectivity index (χ2n) is 3.06. The van der Waals surface area contributed by atoms with Crippen molar-refractivity contribution in [3.05, 3.63) is 0 Å². The Morgan fingerprint density at radius 1 is 0.667 bits per heavy atom. The summed E-state index contributed by atoms with van der Waals surface area (Å²) in [5, 5.41) is 16.6. The first-order chi connectivity index (χ1) is 6.13. The minimum atomic E-state index is -0.759. The number of aliphatic carboxylic acids is 2. The number of carboxylic acid groups (broad SMARTS) is 2. The van der Waals surface area contributed by atoms with Gasteiger partial charge >= 0.3 is 71.1 Å². The van der Waals surface area contributed by atoms with Gasteiger partial charge in [-0.25, -0.2) is 0 Å². The Morgan fingerprint density at radius 2 is 0.933 bits per heavy atom. The van der Waals surface area contributed by atoms with E-state index >= 15 is 0 Å². The molecule has 0 aliphatic carbocycles. The van der Waals surface area contributed by atoms with E-state index in [1.54, 1.807) is 0 Å². The molecule has 0 heterocycles. The number of rotatable bonds is 8. The number of hydrogen-bond donors (Lipinski definition) is 2. The number of carbonyl (C=O) groups is 2. The van der Waals surface area contributed by atoms with Crippen molar-refractivity contribution in [2.75, 3.05) is 0 Å². The Hall–Kier alpha value is 0.940. The van der Waals surface area contributed by atoms with Crippen LogP contribution in [0.5, 0.6) is 0 Å². The van der Waals surface area contributed by atoms with Crippen LogP contribution in [0.25, 0.3) is 0 Å². The van der Waals surface area contributed by atoms with E-state index in [1.165, 1.54) is 0 Å². The fourth-order valence-electron chi connectivity index (χ4n) is 1.08. The van der Waals surface area contributed by atoms with E-state index in [-0.39, 0.29) is 72.0 Å². The van der Waals surface area contributed by atoms with Crippen LogP contribution >= 0.6 is 0 Å². The number of carboxylic acids is 2. The number of hydrogen-bond acceptors (Lipinski definition) is 2. The van der Waals surface area contributed by atoms with Crippen molar-refractivity contribution < 1.29 is 19.8 Å². The Balaban J connectivity index is -0.000000720. The minimum absolute atomic E-state index is 0. The molecule has 2 N–H and O–H groups in total. The van der Waals surface area contributed by atoms with Crippen molar-refractivity contribution in [1.29, 1.82) is 0 Å². The maximum atomic E-state index is 10.1. The maximum absolute atomic E-state index is 10.1. The van der Waals surface area contributed by atoms with E-state index < -0.39 is 11.9 Å². The van der Waals surface area contributed by atoms with Crippen LogP contribution in [0.2, 0.25) is 0 Å². The van der Waals surface area contributed by atoms with Crippen molar-refractivity contribution in [3.8, 4) is 0 Å². The average molecular weight is 236 g/mol. The third-order valence-electron chi connectivity index (χ3n) is 1.78. The van der Waals surface area contributed by atoms with Crippen molar-refractivity contribution in [1.82, 2.24) is 0 Å². The summed E-state index contributed by atoms with van der Waals surface area (Å²) in [4.78, 5) is 20.2. The summed E-state index contributed by atoms with van der Waals surface area (Å²) in [6.45, 7) is 0. The molecule has 0 bridgehead atoms. The van der Waals surface area contributed by atoms with Crippen LogP contribution in [0, 0.1) is 0 Å². The normalized spacial score (nSPS) is 8.53. The summed E-state index contributed by atoms with van der Waals surface area (Å²) >= 11 is 0. The van der Waals surface area contributed by atoms with Gasteiger partial charge in [0.25, 0.3) is 0 Å². The summed E-state index contributed by atoms with van der Waals surface area (Å²) in [7, 11) is 0. The predicted molar refractivity (Wildman–Crippen MR) is 61.9 cm³/mol. The molecule has 0 aliphatic heterocycles. The molecule has 0 saturated carbocycles. The standard InChI is InChI=1S/C9H16O4.2Na.2H/c10-8(11)6-4-2-1-3-5-7-9(12)13;;;;/h1-7H2,(H,10,11)(H,12,13);;;;. The molecule has 0 spiro atoms. The molecular weight excluding hydrogens is 218 g/mol. The van der Waals surface area contributed by atoms with Crippen LogP contribution in [0.3, 0.4) is 0 Å². The second kappa shape index (κ2) is 14.9. The Bertz CT molecular complexity index is 155. The Labute approximate surface area is 134 Å². The van der Waals surface area contributed by atoms with Crippen molar-refractivity contribution in [2.24, 2.45) is 0 Å². The molecule has 15 heavy (non-hydrogen) atoms. The SMILES string of the molecule is O=C(O)CCCCCCCC(=O)O.[NaH].[NaH]. The molecule has 0 amide bonds. The molecule has 0 saturated heterocycles. The van der Waals surface area contributed by atoms with Gasteiger partial charge < -0.3 is 10.2 Å². The third-order valence-corrected chi connectivity index (χ3v) is 1.78. The van der Waals surface area contributed by atoms with Gasteiger partial charge in [0.2, 0.25) is 0 Å². The molecule has 0 rings (SSSR count). The van der Waals surface area contributed by atoms with E-state index in [0.717, 1.165) is 19.3 Å². The van der Waals surface area contributed by atoms with E-state index in [4.69, 9.17) is 10.2 Å². The van der Waals surface area contributed by atoms with Crippen molar-refractivity contribution in [3.63, 3.8) is 0 Å². The van der Waals surface area contributed by atoms with Gasteiger partial charge in [0.1, 0.15) is 0 Å². The molecule has 0 aromatic carbocycles. The Kier molecular flexibility index (Phi) is 21.2. The molecule has 0 aliphatic rings. The molecule has 0 aromatic heterocycles. The zero-order chi connectivity index (χ0) is 10.1. The summed E-state index contributed by atoms with van der Waals surface area (Å²) in [6.07, 6.45) is 4.53. The van der Waals surface area contributed by atoms with Crippen LogP contribution in [0.4, 0.5) is 0 Å². The molecule has 6 heteroatoms. The van der Waals surface area contributed by atoms with Crippen LogP contribution in [0.15, 0.2) is 0 Å². The van der Waals surface area contributed by atoms with E-state index in [2.05, 4.69) is 0 Å². The Morgan fingerprint density at radius 3 is 1.20 bits per heavy atom. The van der Waals surface area contributed by atoms with Gasteiger partial charge in [0.05, 0.1) is 0 Å². The fourth-order valence-corrected chi connectivity index (χ4v) is 1.08. The summed E-state index contributed by atoms with van der Waals surface area (Å²) in [5.74, 6) is -1.52. The molecule has 0 unspecified atom stereocenters. The first kappa shape index (κ1) is 21.2. The molecule has 80 valence electrons. The fraction of sp³-hybridized carbons (Fsp3) is 0.778. The average Bonchev–Trinajstić information content (AvgIpc) is 2.01. The van der Waals surface area contributed by atoms with E-state index in [9.17, 15) is 9.59 Å². The van der Waals surface area contributed by atoms with Gasteiger partial charge in [-0.1, -0.05) is 19.3 Å². The molecule has 0 atom stereocenters. The van der Waals surface area contributed by atoms with Crippen LogP contribution < -0.4 is 0 Å². The third kappa shape index (κ3) is 20.9. The summed E-state index contributed by atoms with van der Waals surface area (Å²) < 4.78 is 0. The van der Waals surface area contributed by atoms with Crippen LogP contribution in [-0.2, 0) is 9.59 Å². The molecule has 0 radical (unpaired) electrons. The monoisotopic (exact) mass is 236 g/mol. The molecular formula is C9H18Na2O4. The van der Waals surface area contributed by atoms with E-state index in [0.29, 0.717) is 12.8 Å². The van der Waals surface area contributed by atoms with Crippen molar-refractivity contribution in [2.45, 2.75) is 44.9 Å². The van der Waals surface area contributed by atoms with Gasteiger partial charge in [-0.3, -0.25) is 9.59 Å². The molecule has 0 fully saturated rings. The molecule has 4 nitrogen and oxygen atoms in total. The van der Waals surface area contributed by atoms with E-state index in [1.807, 2.05) is 0 Å². The first-order valence-electron chi connectivity index (χ1n) is 4.56. The zero-order valence-electron chi connectivity index (χ0n) is 7.66. The summed E-state index contributed by atoms with van der Waals surface area (Å²) in [6, 6.07) is 0. The molecule has 0 aromatic rings. The van der Waals surface area contributed by atoms with Gasteiger partial charge in [-0.2, -0.15) is 0 Å². The number of unbranched alkanes of at least 4 members (excludes halogenated alkanes) is 4. The van der Waals surface area contributed by atoms with Gasteiger partial charge in [0, 0.05) is 12.8 Å². The van der Waals surface area contributed by atoms with Crippen LogP contribution in [0.1, 0.15) is 44.9 Å². The van der Waals surface area contributed by atoms with Gasteiger partial charge in [-0.15, -0.1) is 0 Å². The topological polar surface area (TPSA) is 74.6 Å². The predicted octanol–water partition coefficient (Wildman–Crippen LogP) is 0.589. The summed E-state index contributed by atoms with van der Waals surface area (Å²) in [5.41, 5.74) is 0. The van der Waals surface area contributed by atoms with Gasteiger partial charge in [-0.05, 0) is 12.8 Å².